The van der Waals surface area contributed by atoms with Gasteiger partial charge in [-0.2, -0.15) is 0 Å². The summed E-state index contributed by atoms with van der Waals surface area (Å²) in [7, 11) is 0. The van der Waals surface area contributed by atoms with Gasteiger partial charge in [0.2, 0.25) is 17.7 Å². The lowest BCUT2D eigenvalue weighted by Crippen LogP contribution is -2.57. The summed E-state index contributed by atoms with van der Waals surface area (Å²) in [5, 5.41) is 18.2. The minimum Gasteiger partial charge on any atom is -0.460 e. The van der Waals surface area contributed by atoms with Crippen LogP contribution in [0.5, 0.6) is 0 Å². The lowest BCUT2D eigenvalue weighted by atomic mass is 9.78. The van der Waals surface area contributed by atoms with Gasteiger partial charge in [0.05, 0.1) is 17.2 Å². The van der Waals surface area contributed by atoms with Gasteiger partial charge < -0.3 is 25.4 Å². The Labute approximate surface area is 339 Å². The van der Waals surface area contributed by atoms with Gasteiger partial charge in [-0.3, -0.25) is 24.2 Å². The highest BCUT2D eigenvalue weighted by Crippen LogP contribution is 2.39. The number of aliphatic imine (C=N–C) groups is 1. The van der Waals surface area contributed by atoms with Crippen LogP contribution in [0.15, 0.2) is 29.3 Å². The van der Waals surface area contributed by atoms with Crippen molar-refractivity contribution in [2.75, 3.05) is 12.3 Å². The summed E-state index contributed by atoms with van der Waals surface area (Å²) in [4.78, 5) is 75.9. The fraction of sp³-hybridized carbons (Fsp3) is 0.727. The van der Waals surface area contributed by atoms with E-state index in [0.717, 1.165) is 16.2 Å². The molecule has 1 fully saturated rings. The molecule has 0 radical (unpaired) electrons. The van der Waals surface area contributed by atoms with Crippen LogP contribution in [0.2, 0.25) is 0 Å². The number of cyclic esters (lactones) is 1. The Bertz CT molecular complexity index is 1590. The van der Waals surface area contributed by atoms with Gasteiger partial charge in [0.1, 0.15) is 30.0 Å². The number of aliphatic hydroxyl groups is 1. The van der Waals surface area contributed by atoms with Crippen molar-refractivity contribution < 1.29 is 33.8 Å². The number of nitrogens with one attached hydrogen (secondary N) is 2. The van der Waals surface area contributed by atoms with Crippen molar-refractivity contribution in [1.82, 2.24) is 15.5 Å². The Morgan fingerprint density at radius 1 is 1.02 bits per heavy atom. The number of hydrogen-bond acceptors (Lipinski definition) is 9. The fourth-order valence-electron chi connectivity index (χ4n) is 7.78. The number of Topliss-reactive ketones (excluding diaryl/α,β-unsaturated/α-hetero) is 1. The number of aliphatic hydroxyl groups excluding tert-OH is 1. The summed E-state index contributed by atoms with van der Waals surface area (Å²) >= 11 is 1.62. The maximum absolute atomic E-state index is 14.3. The second-order valence-corrected chi connectivity index (χ2v) is 19.5. The molecule has 4 rings (SSSR count). The molecule has 0 aromatic heterocycles. The number of aryl methyl sites for hydroxylation is 1. The summed E-state index contributed by atoms with van der Waals surface area (Å²) in [5.41, 5.74) is 0.981. The van der Waals surface area contributed by atoms with Gasteiger partial charge in [0.25, 0.3) is 0 Å². The van der Waals surface area contributed by atoms with Crippen LogP contribution in [0.4, 0.5) is 0 Å². The molecule has 12 heteroatoms. The number of rotatable bonds is 4. The van der Waals surface area contributed by atoms with E-state index in [1.165, 1.54) is 0 Å². The van der Waals surface area contributed by atoms with Crippen LogP contribution in [0, 0.1) is 35.5 Å². The first-order chi connectivity index (χ1) is 26.2. The van der Waals surface area contributed by atoms with Gasteiger partial charge in [-0.25, -0.2) is 4.79 Å². The normalized spacial score (nSPS) is 31.3. The number of thioether (sulfide) groups is 1. The number of nitrogens with zero attached hydrogens (tertiary/aromatic N) is 2. The molecule has 1 aromatic rings. The quantitative estimate of drug-likeness (QED) is 0.304. The standard InChI is InChI=1S/C44H68N4O7S/c1-11-28(4)37-40(53)48-20-12-13-34(48)41(54)55-36(43(6,7)8)22-27(3)21-35(50)44(9,10)42-46-32(25-56-42)18-19-33(49)24-31(23-30-16-14-26(2)15-17-30)39(52)45-29(5)38(51)47-37/h14-17,27-29,31-32,34-37,50H,11-13,18-25H2,1-10H3,(H,45,52)(H,47,51)/t27-,28-,29-,31+,32-,34-,35-,36-,37-/m0/s1. The highest BCUT2D eigenvalue weighted by molar-refractivity contribution is 8.14. The molecule has 1 aromatic carbocycles. The number of amides is 3. The van der Waals surface area contributed by atoms with Crippen molar-refractivity contribution >= 4 is 46.3 Å². The summed E-state index contributed by atoms with van der Waals surface area (Å²) in [6, 6.07) is 5.08. The van der Waals surface area contributed by atoms with E-state index < -0.39 is 64.9 Å². The zero-order chi connectivity index (χ0) is 41.5. The number of hydrogen-bond donors (Lipinski definition) is 3. The minimum absolute atomic E-state index is 0.00803. The average molecular weight is 797 g/mol. The Morgan fingerprint density at radius 2 is 1.70 bits per heavy atom. The Balaban J connectivity index is 1.65. The third kappa shape index (κ3) is 11.9. The van der Waals surface area contributed by atoms with Crippen LogP contribution in [0.25, 0.3) is 0 Å². The number of ether oxygens (including phenoxy) is 1. The molecule has 9 atom stereocenters. The van der Waals surface area contributed by atoms with Crippen LogP contribution in [0.1, 0.15) is 125 Å². The van der Waals surface area contributed by atoms with Gasteiger partial charge in [-0.15, -0.1) is 11.8 Å². The number of carbonyl (C=O) groups excluding carboxylic acids is 5. The summed E-state index contributed by atoms with van der Waals surface area (Å²) in [5.74, 6) is -2.00. The van der Waals surface area contributed by atoms with Crippen molar-refractivity contribution in [2.24, 2.45) is 33.6 Å². The van der Waals surface area contributed by atoms with E-state index in [9.17, 15) is 29.1 Å². The number of ketones is 1. The predicted octanol–water partition coefficient (Wildman–Crippen LogP) is 6.21. The molecule has 3 amide bonds. The molecule has 3 heterocycles. The zero-order valence-electron chi connectivity index (χ0n) is 35.5. The SMILES string of the molecule is CC[C@H](C)[C@@H]1NC(=O)[C@H](C)NC(=O)[C@H](Cc2ccc(C)cc2)CC(=O)CC[C@H]2CSC(=N2)C(C)(C)[C@@H](O)C[C@H](C)C[C@@H](C(C)(C)C)OC(=O)[C@@H]2CCCN2C1=O. The topological polar surface area (TPSA) is 154 Å². The van der Waals surface area contributed by atoms with Crippen molar-refractivity contribution in [1.29, 1.82) is 0 Å². The largest absolute Gasteiger partial charge is 0.460 e. The van der Waals surface area contributed by atoms with E-state index >= 15 is 0 Å². The molecule has 312 valence electrons. The highest BCUT2D eigenvalue weighted by Gasteiger charge is 2.43. The van der Waals surface area contributed by atoms with Gasteiger partial charge in [-0.1, -0.05) is 91.6 Å². The van der Waals surface area contributed by atoms with Gasteiger partial charge in [0.15, 0.2) is 0 Å². The molecule has 56 heavy (non-hydrogen) atoms. The predicted molar refractivity (Wildman–Crippen MR) is 222 cm³/mol. The Kier molecular flexibility index (Phi) is 15.8. The summed E-state index contributed by atoms with van der Waals surface area (Å²) in [6.07, 6.45) is 2.68. The van der Waals surface area contributed by atoms with Gasteiger partial charge in [0, 0.05) is 36.5 Å². The van der Waals surface area contributed by atoms with E-state index in [1.807, 2.05) is 79.7 Å². The second kappa shape index (κ2) is 19.5. The summed E-state index contributed by atoms with van der Waals surface area (Å²) < 4.78 is 6.27. The third-order valence-corrected chi connectivity index (χ3v) is 13.6. The molecule has 0 aliphatic carbocycles. The maximum atomic E-state index is 14.3. The smallest absolute Gasteiger partial charge is 0.329 e. The first-order valence-electron chi connectivity index (χ1n) is 20.8. The molecular weight excluding hydrogens is 729 g/mol. The second-order valence-electron chi connectivity index (χ2n) is 18.5. The molecular formula is C44H68N4O7S. The molecule has 3 N–H and O–H groups in total. The van der Waals surface area contributed by atoms with E-state index in [-0.39, 0.29) is 42.4 Å². The number of carbonyl (C=O) groups is 5. The zero-order valence-corrected chi connectivity index (χ0v) is 36.3. The van der Waals surface area contributed by atoms with Crippen LogP contribution in [-0.4, -0.2) is 93.2 Å². The van der Waals surface area contributed by atoms with Crippen LogP contribution in [0.3, 0.4) is 0 Å². The fourth-order valence-corrected chi connectivity index (χ4v) is 9.10. The van der Waals surface area contributed by atoms with E-state index in [1.54, 1.807) is 23.6 Å². The van der Waals surface area contributed by atoms with Crippen LogP contribution >= 0.6 is 11.8 Å². The molecule has 3 aliphatic heterocycles. The first kappa shape index (κ1) is 45.5. The number of esters is 1. The molecule has 0 saturated carbocycles. The molecule has 3 aliphatic rings. The minimum atomic E-state index is -0.984. The lowest BCUT2D eigenvalue weighted by molar-refractivity contribution is -0.164. The molecule has 11 nitrogen and oxygen atoms in total. The van der Waals surface area contributed by atoms with Crippen LogP contribution < -0.4 is 10.6 Å². The Morgan fingerprint density at radius 3 is 2.34 bits per heavy atom. The average Bonchev–Trinajstić information content (AvgIpc) is 3.83. The number of fused-ring (bicyclic) bond motifs is 2. The van der Waals surface area contributed by atoms with Crippen molar-refractivity contribution in [3.63, 3.8) is 0 Å². The first-order valence-corrected chi connectivity index (χ1v) is 21.8. The van der Waals surface area contributed by atoms with E-state index in [2.05, 4.69) is 17.6 Å². The molecule has 1 saturated heterocycles. The lowest BCUT2D eigenvalue weighted by Gasteiger charge is -2.37. The number of benzene rings is 1. The maximum Gasteiger partial charge on any atom is 0.329 e. The summed E-state index contributed by atoms with van der Waals surface area (Å²) in [6.45, 7) is 19.9. The molecule has 2 bridgehead atoms. The van der Waals surface area contributed by atoms with Gasteiger partial charge >= 0.3 is 5.97 Å². The van der Waals surface area contributed by atoms with Crippen molar-refractivity contribution in [2.45, 2.75) is 163 Å². The van der Waals surface area contributed by atoms with Crippen LogP contribution in [-0.2, 0) is 35.1 Å². The van der Waals surface area contributed by atoms with Crippen molar-refractivity contribution in [3.05, 3.63) is 35.4 Å². The monoisotopic (exact) mass is 796 g/mol. The molecule has 0 spiro atoms. The van der Waals surface area contributed by atoms with E-state index in [0.29, 0.717) is 57.2 Å². The van der Waals surface area contributed by atoms with Gasteiger partial charge in [-0.05, 0) is 75.2 Å². The van der Waals surface area contributed by atoms with E-state index in [4.69, 9.17) is 9.73 Å². The van der Waals surface area contributed by atoms with Crippen molar-refractivity contribution in [3.8, 4) is 0 Å². The molecule has 0 unspecified atom stereocenters. The third-order valence-electron chi connectivity index (χ3n) is 12.1. The highest BCUT2D eigenvalue weighted by atomic mass is 32.2. The Hall–Kier alpha value is -3.25.